The highest BCUT2D eigenvalue weighted by molar-refractivity contribution is 9.10. The number of hydrogen-bond acceptors (Lipinski definition) is 2. The number of anilines is 1. The largest absolute Gasteiger partial charge is 0.384 e. The van der Waals surface area contributed by atoms with E-state index < -0.39 is 0 Å². The molecular weight excluding hydrogens is 288 g/mol. The first-order valence-corrected chi connectivity index (χ1v) is 7.56. The van der Waals surface area contributed by atoms with Gasteiger partial charge in [-0.25, -0.2) is 0 Å². The lowest BCUT2D eigenvalue weighted by Gasteiger charge is -2.38. The fraction of sp³-hybridized carbons (Fsp3) is 0.600. The van der Waals surface area contributed by atoms with Crippen LogP contribution in [0.2, 0.25) is 0 Å². The van der Waals surface area contributed by atoms with Crippen molar-refractivity contribution in [3.63, 3.8) is 0 Å². The molecule has 0 spiro atoms. The topological polar surface area (TPSA) is 15.3 Å². The van der Waals surface area contributed by atoms with Gasteiger partial charge >= 0.3 is 0 Å². The molecule has 1 heterocycles. The van der Waals surface area contributed by atoms with Crippen LogP contribution in [0.1, 0.15) is 26.7 Å². The van der Waals surface area contributed by atoms with E-state index in [-0.39, 0.29) is 0 Å². The summed E-state index contributed by atoms with van der Waals surface area (Å²) in [6.45, 7) is 9.39. The van der Waals surface area contributed by atoms with Gasteiger partial charge in [-0.05, 0) is 43.0 Å². The Morgan fingerprint density at radius 3 is 2.94 bits per heavy atom. The molecule has 2 rings (SSSR count). The van der Waals surface area contributed by atoms with Crippen LogP contribution in [0.4, 0.5) is 5.69 Å². The van der Waals surface area contributed by atoms with Crippen molar-refractivity contribution in [2.75, 3.05) is 31.5 Å². The smallest absolute Gasteiger partial charge is 0.0351 e. The van der Waals surface area contributed by atoms with Gasteiger partial charge in [0.1, 0.15) is 0 Å². The van der Waals surface area contributed by atoms with E-state index in [1.54, 1.807) is 0 Å². The first-order valence-electron chi connectivity index (χ1n) is 6.77. The third kappa shape index (κ3) is 4.29. The van der Waals surface area contributed by atoms with Gasteiger partial charge in [-0.3, -0.25) is 0 Å². The predicted octanol–water partition coefficient (Wildman–Crippen LogP) is 3.98. The average Bonchev–Trinajstić information content (AvgIpc) is 2.28. The summed E-state index contributed by atoms with van der Waals surface area (Å²) in [4.78, 5) is 2.58. The Kier molecular flexibility index (Phi) is 4.68. The third-order valence-corrected chi connectivity index (χ3v) is 4.05. The molecule has 1 aliphatic heterocycles. The molecule has 0 amide bonds. The van der Waals surface area contributed by atoms with Gasteiger partial charge in [0.05, 0.1) is 0 Å². The van der Waals surface area contributed by atoms with Gasteiger partial charge in [-0.1, -0.05) is 35.8 Å². The van der Waals surface area contributed by atoms with Crippen molar-refractivity contribution in [3.8, 4) is 0 Å². The molecule has 0 atom stereocenters. The minimum atomic E-state index is 0.494. The molecule has 1 saturated heterocycles. The van der Waals surface area contributed by atoms with Gasteiger partial charge in [0.2, 0.25) is 0 Å². The second-order valence-corrected chi connectivity index (χ2v) is 6.90. The van der Waals surface area contributed by atoms with Gasteiger partial charge < -0.3 is 10.2 Å². The fourth-order valence-corrected chi connectivity index (χ4v) is 3.09. The SMILES string of the molecule is CC1(C)CCCN(CCNc2cccc(Br)c2)C1. The number of hydrogen-bond donors (Lipinski definition) is 1. The maximum Gasteiger partial charge on any atom is 0.0351 e. The van der Waals surface area contributed by atoms with E-state index in [1.165, 1.54) is 31.6 Å². The lowest BCUT2D eigenvalue weighted by Crippen LogP contribution is -2.42. The Balaban J connectivity index is 1.75. The lowest BCUT2D eigenvalue weighted by atomic mass is 9.84. The minimum absolute atomic E-state index is 0.494. The molecule has 1 N–H and O–H groups in total. The first-order chi connectivity index (χ1) is 8.55. The van der Waals surface area contributed by atoms with Gasteiger partial charge in [-0.2, -0.15) is 0 Å². The fourth-order valence-electron chi connectivity index (χ4n) is 2.69. The molecule has 0 aromatic heterocycles. The van der Waals surface area contributed by atoms with E-state index in [2.05, 4.69) is 64.3 Å². The summed E-state index contributed by atoms with van der Waals surface area (Å²) in [6, 6.07) is 8.36. The Bertz CT molecular complexity index is 390. The normalized spacial score (nSPS) is 19.7. The number of piperidine rings is 1. The Labute approximate surface area is 119 Å². The van der Waals surface area contributed by atoms with Crippen molar-refractivity contribution < 1.29 is 0 Å². The van der Waals surface area contributed by atoms with E-state index in [0.29, 0.717) is 5.41 Å². The maximum absolute atomic E-state index is 3.50. The van der Waals surface area contributed by atoms with Gasteiger partial charge in [-0.15, -0.1) is 0 Å². The van der Waals surface area contributed by atoms with E-state index in [4.69, 9.17) is 0 Å². The number of nitrogens with zero attached hydrogens (tertiary/aromatic N) is 1. The van der Waals surface area contributed by atoms with E-state index >= 15 is 0 Å². The van der Waals surface area contributed by atoms with Gasteiger partial charge in [0, 0.05) is 29.8 Å². The average molecular weight is 311 g/mol. The van der Waals surface area contributed by atoms with E-state index in [0.717, 1.165) is 17.6 Å². The van der Waals surface area contributed by atoms with Crippen LogP contribution < -0.4 is 5.32 Å². The molecule has 0 saturated carbocycles. The molecule has 3 heteroatoms. The molecule has 1 aromatic rings. The minimum Gasteiger partial charge on any atom is -0.384 e. The molecule has 2 nitrogen and oxygen atoms in total. The Hall–Kier alpha value is -0.540. The second-order valence-electron chi connectivity index (χ2n) is 5.98. The zero-order valence-corrected chi connectivity index (χ0v) is 13.0. The van der Waals surface area contributed by atoms with Crippen LogP contribution in [0, 0.1) is 5.41 Å². The molecule has 18 heavy (non-hydrogen) atoms. The third-order valence-electron chi connectivity index (χ3n) is 3.56. The van der Waals surface area contributed by atoms with Crippen molar-refractivity contribution >= 4 is 21.6 Å². The molecule has 1 aromatic carbocycles. The van der Waals surface area contributed by atoms with Crippen LogP contribution in [0.5, 0.6) is 0 Å². The quantitative estimate of drug-likeness (QED) is 0.905. The number of nitrogens with one attached hydrogen (secondary N) is 1. The number of rotatable bonds is 4. The van der Waals surface area contributed by atoms with Crippen LogP contribution in [0.3, 0.4) is 0 Å². The zero-order valence-electron chi connectivity index (χ0n) is 11.4. The van der Waals surface area contributed by atoms with E-state index in [1.807, 2.05) is 0 Å². The van der Waals surface area contributed by atoms with Crippen molar-refractivity contribution in [1.82, 2.24) is 4.90 Å². The molecule has 0 radical (unpaired) electrons. The van der Waals surface area contributed by atoms with Crippen molar-refractivity contribution in [1.29, 1.82) is 0 Å². The molecule has 0 bridgehead atoms. The van der Waals surface area contributed by atoms with Gasteiger partial charge in [0.15, 0.2) is 0 Å². The van der Waals surface area contributed by atoms with Crippen molar-refractivity contribution in [3.05, 3.63) is 28.7 Å². The highest BCUT2D eigenvalue weighted by Crippen LogP contribution is 2.28. The highest BCUT2D eigenvalue weighted by atomic mass is 79.9. The number of halogens is 1. The van der Waals surface area contributed by atoms with Crippen molar-refractivity contribution in [2.24, 2.45) is 5.41 Å². The number of benzene rings is 1. The number of likely N-dealkylation sites (tertiary alicyclic amines) is 1. The molecule has 0 unspecified atom stereocenters. The van der Waals surface area contributed by atoms with Crippen LogP contribution in [0.25, 0.3) is 0 Å². The summed E-state index contributed by atoms with van der Waals surface area (Å²) in [5, 5.41) is 3.49. The standard InChI is InChI=1S/C15H23BrN2/c1-15(2)7-4-9-18(12-15)10-8-17-14-6-3-5-13(16)11-14/h3,5-6,11,17H,4,7-10,12H2,1-2H3. The summed E-state index contributed by atoms with van der Waals surface area (Å²) in [7, 11) is 0. The van der Waals surface area contributed by atoms with Crippen molar-refractivity contribution in [2.45, 2.75) is 26.7 Å². The van der Waals surface area contributed by atoms with Crippen LogP contribution in [-0.4, -0.2) is 31.1 Å². The van der Waals surface area contributed by atoms with Gasteiger partial charge in [0.25, 0.3) is 0 Å². The predicted molar refractivity (Wildman–Crippen MR) is 82.1 cm³/mol. The first kappa shape index (κ1) is 13.9. The van der Waals surface area contributed by atoms with Crippen LogP contribution in [0.15, 0.2) is 28.7 Å². The molecule has 1 aliphatic rings. The monoisotopic (exact) mass is 310 g/mol. The molecule has 100 valence electrons. The molecular formula is C15H23BrN2. The summed E-state index contributed by atoms with van der Waals surface area (Å²) in [6.07, 6.45) is 2.70. The highest BCUT2D eigenvalue weighted by Gasteiger charge is 2.25. The Morgan fingerprint density at radius 2 is 2.22 bits per heavy atom. The molecule has 0 aliphatic carbocycles. The Morgan fingerprint density at radius 1 is 1.39 bits per heavy atom. The molecule has 1 fully saturated rings. The summed E-state index contributed by atoms with van der Waals surface area (Å²) >= 11 is 3.50. The lowest BCUT2D eigenvalue weighted by molar-refractivity contribution is 0.122. The summed E-state index contributed by atoms with van der Waals surface area (Å²) in [5.74, 6) is 0. The summed E-state index contributed by atoms with van der Waals surface area (Å²) < 4.78 is 1.13. The summed E-state index contributed by atoms with van der Waals surface area (Å²) in [5.41, 5.74) is 1.69. The van der Waals surface area contributed by atoms with Crippen LogP contribution in [-0.2, 0) is 0 Å². The maximum atomic E-state index is 3.50. The van der Waals surface area contributed by atoms with Crippen LogP contribution >= 0.6 is 15.9 Å². The van der Waals surface area contributed by atoms with E-state index in [9.17, 15) is 0 Å². The zero-order chi connectivity index (χ0) is 13.0. The second kappa shape index (κ2) is 6.07.